The van der Waals surface area contributed by atoms with Crippen LogP contribution in [0.15, 0.2) is 18.5 Å². The second-order valence-corrected chi connectivity index (χ2v) is 11.7. The van der Waals surface area contributed by atoms with E-state index in [0.29, 0.717) is 35.7 Å². The number of aromatic nitrogens is 6. The van der Waals surface area contributed by atoms with Crippen molar-refractivity contribution in [2.45, 2.75) is 96.6 Å². The second-order valence-electron chi connectivity index (χ2n) is 11.7. The van der Waals surface area contributed by atoms with Gasteiger partial charge in [-0.2, -0.15) is 23.4 Å². The number of hydrogen-bond donors (Lipinski definition) is 2. The zero-order valence-electron chi connectivity index (χ0n) is 26.0. The molecule has 1 amide bonds. The molecule has 3 aromatic heterocycles. The predicted octanol–water partition coefficient (Wildman–Crippen LogP) is 5.51. The Labute approximate surface area is 257 Å². The van der Waals surface area contributed by atoms with E-state index >= 15 is 0 Å². The average Bonchev–Trinajstić information content (AvgIpc) is 3.60. The van der Waals surface area contributed by atoms with Crippen LogP contribution in [-0.2, 0) is 17.0 Å². The van der Waals surface area contributed by atoms with Crippen molar-refractivity contribution < 1.29 is 35.9 Å². The summed E-state index contributed by atoms with van der Waals surface area (Å²) in [5.41, 5.74) is 0.489. The zero-order chi connectivity index (χ0) is 33.6. The number of carbonyl (C=O) groups excluding carboxylic acids is 2. The van der Waals surface area contributed by atoms with Crippen molar-refractivity contribution in [3.05, 3.63) is 41.2 Å². The van der Waals surface area contributed by atoms with Crippen molar-refractivity contribution >= 4 is 18.0 Å². The molecule has 2 N–H and O–H groups in total. The first-order chi connectivity index (χ1) is 21.0. The Balaban J connectivity index is 0.000000226. The van der Waals surface area contributed by atoms with Crippen molar-refractivity contribution in [2.75, 3.05) is 13.6 Å². The van der Waals surface area contributed by atoms with Crippen molar-refractivity contribution in [1.82, 2.24) is 40.0 Å². The highest BCUT2D eigenvalue weighted by Gasteiger charge is 2.41. The number of rotatable bonds is 6. The van der Waals surface area contributed by atoms with E-state index in [0.717, 1.165) is 12.8 Å². The van der Waals surface area contributed by atoms with Crippen molar-refractivity contribution in [2.24, 2.45) is 11.8 Å². The van der Waals surface area contributed by atoms with Gasteiger partial charge in [0.05, 0.1) is 29.5 Å². The summed E-state index contributed by atoms with van der Waals surface area (Å²) in [6.45, 7) is 7.01. The van der Waals surface area contributed by atoms with Crippen LogP contribution in [-0.4, -0.2) is 67.2 Å². The molecular formula is C29H40F6N8O2. The molecule has 2 aliphatic rings. The third kappa shape index (κ3) is 9.71. The van der Waals surface area contributed by atoms with E-state index in [1.807, 2.05) is 6.92 Å². The molecule has 1 aliphatic carbocycles. The number of piperidine rings is 1. The van der Waals surface area contributed by atoms with Gasteiger partial charge < -0.3 is 10.6 Å². The standard InChI is InChI=1S/C17H24F3N5.C6H8F3NO.C6H8N2O/c1-10-14(16(2,3)18)23-15-22-12(9-25(15)24-10)13(21-4)11-5-7-17(19,20)8-6-11;7-6(8,9)4-1-2-5(11)10-3-4;1-2-8-6(5-9)3-4-7-8/h9,11,13,21H,5-8H2,1-4H3;4H,1-3H2,(H,10,11);3-5H,2H2,1H3. The Morgan fingerprint density at radius 1 is 1.16 bits per heavy atom. The van der Waals surface area contributed by atoms with Gasteiger partial charge in [0, 0.05) is 38.5 Å². The summed E-state index contributed by atoms with van der Waals surface area (Å²) in [6.07, 6.45) is 0.608. The number of carbonyl (C=O) groups is 2. The number of nitrogens with one attached hydrogen (secondary N) is 2. The number of aryl methyl sites for hydroxylation is 2. The summed E-state index contributed by atoms with van der Waals surface area (Å²) < 4.78 is 80.0. The summed E-state index contributed by atoms with van der Waals surface area (Å²) in [6, 6.07) is 1.54. The van der Waals surface area contributed by atoms with Crippen LogP contribution in [0.5, 0.6) is 0 Å². The summed E-state index contributed by atoms with van der Waals surface area (Å²) in [4.78, 5) is 29.4. The molecule has 0 radical (unpaired) electrons. The molecule has 1 aliphatic heterocycles. The topological polar surface area (TPSA) is 119 Å². The summed E-state index contributed by atoms with van der Waals surface area (Å²) in [5.74, 6) is -3.80. The van der Waals surface area contributed by atoms with Crippen LogP contribution in [0.2, 0.25) is 0 Å². The minimum Gasteiger partial charge on any atom is -0.355 e. The molecule has 2 unspecified atom stereocenters. The van der Waals surface area contributed by atoms with Gasteiger partial charge in [0.15, 0.2) is 6.29 Å². The Morgan fingerprint density at radius 2 is 1.82 bits per heavy atom. The van der Waals surface area contributed by atoms with Crippen LogP contribution in [0.4, 0.5) is 26.3 Å². The number of nitrogens with zero attached hydrogens (tertiary/aromatic N) is 6. The molecule has 1 saturated heterocycles. The van der Waals surface area contributed by atoms with E-state index in [9.17, 15) is 35.9 Å². The third-order valence-electron chi connectivity index (χ3n) is 7.82. The first-order valence-corrected chi connectivity index (χ1v) is 14.8. The fourth-order valence-electron chi connectivity index (χ4n) is 5.37. The maximum Gasteiger partial charge on any atom is 0.393 e. The first kappa shape index (κ1) is 35.9. The van der Waals surface area contributed by atoms with Crippen LogP contribution in [0.1, 0.15) is 92.9 Å². The molecule has 2 atom stereocenters. The molecule has 10 nitrogen and oxygen atoms in total. The number of hydrogen-bond acceptors (Lipinski definition) is 7. The summed E-state index contributed by atoms with van der Waals surface area (Å²) in [5, 5.41) is 13.6. The van der Waals surface area contributed by atoms with Gasteiger partial charge in [-0.3, -0.25) is 14.3 Å². The first-order valence-electron chi connectivity index (χ1n) is 14.8. The van der Waals surface area contributed by atoms with Gasteiger partial charge in [-0.05, 0) is 66.0 Å². The monoisotopic (exact) mass is 646 g/mol. The second kappa shape index (κ2) is 14.7. The van der Waals surface area contributed by atoms with Gasteiger partial charge >= 0.3 is 6.18 Å². The smallest absolute Gasteiger partial charge is 0.355 e. The van der Waals surface area contributed by atoms with E-state index in [1.54, 1.807) is 37.1 Å². The number of alkyl halides is 6. The summed E-state index contributed by atoms with van der Waals surface area (Å²) in [7, 11) is 1.80. The molecule has 5 rings (SSSR count). The van der Waals surface area contributed by atoms with Gasteiger partial charge in [0.2, 0.25) is 11.8 Å². The predicted molar refractivity (Wildman–Crippen MR) is 153 cm³/mol. The van der Waals surface area contributed by atoms with Gasteiger partial charge in [0.25, 0.3) is 5.78 Å². The zero-order valence-corrected chi connectivity index (χ0v) is 26.0. The van der Waals surface area contributed by atoms with Crippen LogP contribution < -0.4 is 10.6 Å². The molecule has 2 fully saturated rings. The van der Waals surface area contributed by atoms with Gasteiger partial charge in [-0.1, -0.05) is 0 Å². The maximum absolute atomic E-state index is 14.3. The van der Waals surface area contributed by atoms with Crippen molar-refractivity contribution in [3.63, 3.8) is 0 Å². The molecule has 45 heavy (non-hydrogen) atoms. The van der Waals surface area contributed by atoms with Crippen LogP contribution in [0.3, 0.4) is 0 Å². The van der Waals surface area contributed by atoms with E-state index in [4.69, 9.17) is 0 Å². The lowest BCUT2D eigenvalue weighted by Crippen LogP contribution is -2.41. The lowest BCUT2D eigenvalue weighted by Gasteiger charge is -2.32. The quantitative estimate of drug-likeness (QED) is 0.268. The number of fused-ring (bicyclic) bond motifs is 1. The van der Waals surface area contributed by atoms with Crippen molar-refractivity contribution in [3.8, 4) is 0 Å². The number of amides is 1. The summed E-state index contributed by atoms with van der Waals surface area (Å²) >= 11 is 0. The van der Waals surface area contributed by atoms with Crippen molar-refractivity contribution in [1.29, 1.82) is 0 Å². The molecule has 4 heterocycles. The van der Waals surface area contributed by atoms with Gasteiger partial charge in [-0.15, -0.1) is 0 Å². The normalized spacial score (nSPS) is 19.5. The molecule has 0 aromatic carbocycles. The molecule has 0 spiro atoms. The highest BCUT2D eigenvalue weighted by molar-refractivity contribution is 5.76. The average molecular weight is 647 g/mol. The SMILES string of the molecule is CCn1nccc1C=O.CNC(c1cn2nc(C)c(C(C)(C)F)nc2n1)C1CCC(F)(F)CC1.O=C1CCC(C(F)(F)F)CN1. The Hall–Kier alpha value is -3.56. The molecular weight excluding hydrogens is 606 g/mol. The largest absolute Gasteiger partial charge is 0.393 e. The third-order valence-corrected chi connectivity index (χ3v) is 7.82. The number of halogens is 6. The molecule has 250 valence electrons. The lowest BCUT2D eigenvalue weighted by molar-refractivity contribution is -0.179. The van der Waals surface area contributed by atoms with Gasteiger partial charge in [-0.25, -0.2) is 27.7 Å². The highest BCUT2D eigenvalue weighted by Crippen LogP contribution is 2.41. The number of imidazole rings is 1. The Kier molecular flexibility index (Phi) is 11.7. The molecule has 1 saturated carbocycles. The minimum atomic E-state index is -4.16. The molecule has 0 bridgehead atoms. The van der Waals surface area contributed by atoms with Gasteiger partial charge in [0.1, 0.15) is 17.1 Å². The van der Waals surface area contributed by atoms with E-state index in [-0.39, 0.29) is 55.8 Å². The van der Waals surface area contributed by atoms with E-state index < -0.39 is 23.7 Å². The Bertz CT molecular complexity index is 1410. The number of aldehydes is 1. The highest BCUT2D eigenvalue weighted by atomic mass is 19.4. The van der Waals surface area contributed by atoms with Crippen LogP contribution in [0, 0.1) is 18.8 Å². The fraction of sp³-hybridized carbons (Fsp3) is 0.655. The molecule has 16 heteroatoms. The minimum absolute atomic E-state index is 0.00975. The van der Waals surface area contributed by atoms with E-state index in [1.165, 1.54) is 18.4 Å². The molecule has 3 aromatic rings. The fourth-order valence-corrected chi connectivity index (χ4v) is 5.37. The lowest BCUT2D eigenvalue weighted by atomic mass is 9.81. The van der Waals surface area contributed by atoms with Crippen LogP contribution >= 0.6 is 0 Å². The maximum atomic E-state index is 14.3. The Morgan fingerprint density at radius 3 is 2.31 bits per heavy atom. The van der Waals surface area contributed by atoms with E-state index in [2.05, 4.69) is 30.8 Å². The van der Waals surface area contributed by atoms with Crippen LogP contribution in [0.25, 0.3) is 5.78 Å².